The number of alkyl halides is 1. The second kappa shape index (κ2) is 7.59. The van der Waals surface area contributed by atoms with E-state index in [-0.39, 0.29) is 5.82 Å². The van der Waals surface area contributed by atoms with E-state index in [0.717, 1.165) is 16.8 Å². The Hall–Kier alpha value is -1.95. The van der Waals surface area contributed by atoms with Gasteiger partial charge < -0.3 is 10.2 Å². The average molecular weight is 342 g/mol. The van der Waals surface area contributed by atoms with Crippen molar-refractivity contribution >= 4 is 22.1 Å². The summed E-state index contributed by atoms with van der Waals surface area (Å²) in [6, 6.07) is 9.12. The van der Waals surface area contributed by atoms with Crippen LogP contribution in [0.25, 0.3) is 11.1 Å². The van der Waals surface area contributed by atoms with Gasteiger partial charge in [0.1, 0.15) is 5.82 Å². The Labute approximate surface area is 124 Å². The van der Waals surface area contributed by atoms with Crippen LogP contribution in [0.3, 0.4) is 0 Å². The third kappa shape index (κ3) is 4.97. The van der Waals surface area contributed by atoms with Gasteiger partial charge in [0.2, 0.25) is 0 Å². The maximum absolute atomic E-state index is 13.6. The molecule has 1 aromatic heterocycles. The molecule has 0 bridgehead atoms. The molecule has 0 aliphatic heterocycles. The molecule has 20 heavy (non-hydrogen) atoms. The number of carboxylic acid groups (broad SMARTS) is 2. The molecule has 0 aliphatic carbocycles. The maximum Gasteiger partial charge on any atom is 0.503 e. The Morgan fingerprint density at radius 2 is 1.85 bits per heavy atom. The summed E-state index contributed by atoms with van der Waals surface area (Å²) < 4.78 is 13.6. The summed E-state index contributed by atoms with van der Waals surface area (Å²) in [6.07, 6.45) is -0.0963. The van der Waals surface area contributed by atoms with E-state index in [2.05, 4.69) is 20.9 Å². The highest BCUT2D eigenvalue weighted by atomic mass is 79.9. The first-order chi connectivity index (χ1) is 9.43. The standard InChI is InChI=1S/C13H11BrFN.CH2O3/c1-9-6-11(4-5-16-9)10-2-3-12(8-14)13(15)7-10;2-1(3)4/h2-7H,8H2,1H3;(H2,2,3,4). The highest BCUT2D eigenvalue weighted by Gasteiger charge is 2.04. The molecular weight excluding hydrogens is 329 g/mol. The number of nitrogens with zero attached hydrogens (tertiary/aromatic N) is 1. The molecule has 2 N–H and O–H groups in total. The third-order valence-corrected chi connectivity index (χ3v) is 3.03. The minimum Gasteiger partial charge on any atom is -0.450 e. The minimum absolute atomic E-state index is 0.177. The third-order valence-electron chi connectivity index (χ3n) is 2.43. The van der Waals surface area contributed by atoms with Gasteiger partial charge in [-0.25, -0.2) is 9.18 Å². The lowest BCUT2D eigenvalue weighted by Gasteiger charge is -2.05. The highest BCUT2D eigenvalue weighted by molar-refractivity contribution is 9.08. The van der Waals surface area contributed by atoms with E-state index >= 15 is 0 Å². The smallest absolute Gasteiger partial charge is 0.450 e. The van der Waals surface area contributed by atoms with Gasteiger partial charge in [-0.05, 0) is 41.8 Å². The molecule has 0 aliphatic rings. The van der Waals surface area contributed by atoms with Gasteiger partial charge in [0.25, 0.3) is 0 Å². The fourth-order valence-electron chi connectivity index (χ4n) is 1.56. The van der Waals surface area contributed by atoms with Crippen LogP contribution in [0.2, 0.25) is 0 Å². The minimum atomic E-state index is -1.83. The normalized spacial score (nSPS) is 9.55. The largest absolute Gasteiger partial charge is 0.503 e. The topological polar surface area (TPSA) is 70.4 Å². The number of halogens is 2. The molecular formula is C14H13BrFNO3. The fourth-order valence-corrected chi connectivity index (χ4v) is 2.02. The van der Waals surface area contributed by atoms with Crippen molar-refractivity contribution < 1.29 is 19.4 Å². The average Bonchev–Trinajstić information content (AvgIpc) is 2.38. The second-order valence-electron chi connectivity index (χ2n) is 3.91. The maximum atomic E-state index is 13.6. The van der Waals surface area contributed by atoms with E-state index in [4.69, 9.17) is 15.0 Å². The van der Waals surface area contributed by atoms with Gasteiger partial charge in [0.05, 0.1) is 0 Å². The first-order valence-corrected chi connectivity index (χ1v) is 6.75. The molecule has 4 nitrogen and oxygen atoms in total. The summed E-state index contributed by atoms with van der Waals surface area (Å²) in [7, 11) is 0. The van der Waals surface area contributed by atoms with E-state index < -0.39 is 6.16 Å². The molecule has 0 atom stereocenters. The zero-order valence-electron chi connectivity index (χ0n) is 10.7. The molecule has 6 heteroatoms. The highest BCUT2D eigenvalue weighted by Crippen LogP contribution is 2.23. The van der Waals surface area contributed by atoms with E-state index in [1.54, 1.807) is 18.3 Å². The van der Waals surface area contributed by atoms with Crippen LogP contribution in [0.5, 0.6) is 0 Å². The Kier molecular flexibility index (Phi) is 6.11. The molecule has 2 rings (SSSR count). The summed E-state index contributed by atoms with van der Waals surface area (Å²) in [6.45, 7) is 1.92. The van der Waals surface area contributed by atoms with E-state index in [1.807, 2.05) is 25.1 Å². The Bertz CT molecular complexity index is 601. The molecule has 0 radical (unpaired) electrons. The lowest BCUT2D eigenvalue weighted by molar-refractivity contribution is 0.137. The molecule has 0 fully saturated rings. The van der Waals surface area contributed by atoms with E-state index in [0.29, 0.717) is 10.9 Å². The Morgan fingerprint density at radius 1 is 1.25 bits per heavy atom. The van der Waals surface area contributed by atoms with Gasteiger partial charge in [-0.15, -0.1) is 0 Å². The summed E-state index contributed by atoms with van der Waals surface area (Å²) in [5, 5.41) is 14.5. The van der Waals surface area contributed by atoms with Gasteiger partial charge in [-0.2, -0.15) is 0 Å². The van der Waals surface area contributed by atoms with Crippen molar-refractivity contribution in [1.29, 1.82) is 0 Å². The van der Waals surface area contributed by atoms with Crippen molar-refractivity contribution in [1.82, 2.24) is 4.98 Å². The first kappa shape index (κ1) is 16.1. The van der Waals surface area contributed by atoms with Gasteiger partial charge in [-0.1, -0.05) is 28.1 Å². The van der Waals surface area contributed by atoms with Crippen LogP contribution in [0.4, 0.5) is 9.18 Å². The lowest BCUT2D eigenvalue weighted by atomic mass is 10.0. The molecule has 1 heterocycles. The molecule has 106 valence electrons. The van der Waals surface area contributed by atoms with Gasteiger partial charge >= 0.3 is 6.16 Å². The number of pyridine rings is 1. The van der Waals surface area contributed by atoms with E-state index in [9.17, 15) is 4.39 Å². The van der Waals surface area contributed by atoms with Crippen LogP contribution in [-0.4, -0.2) is 21.4 Å². The number of hydrogen-bond donors (Lipinski definition) is 2. The molecule has 0 saturated heterocycles. The van der Waals surface area contributed by atoms with E-state index in [1.165, 1.54) is 0 Å². The molecule has 1 aromatic carbocycles. The molecule has 0 unspecified atom stereocenters. The Balaban J connectivity index is 0.000000444. The second-order valence-corrected chi connectivity index (χ2v) is 4.47. The zero-order chi connectivity index (χ0) is 15.1. The molecule has 2 aromatic rings. The zero-order valence-corrected chi connectivity index (χ0v) is 12.3. The SMILES string of the molecule is Cc1cc(-c2ccc(CBr)c(F)c2)ccn1.O=C(O)O. The Morgan fingerprint density at radius 3 is 2.35 bits per heavy atom. The number of rotatable bonds is 2. The number of benzene rings is 1. The van der Waals surface area contributed by atoms with Crippen LogP contribution >= 0.6 is 15.9 Å². The predicted octanol–water partition coefficient (Wildman–Crippen LogP) is 4.31. The number of aromatic nitrogens is 1. The summed E-state index contributed by atoms with van der Waals surface area (Å²) in [4.78, 5) is 12.7. The van der Waals surface area contributed by atoms with Crippen molar-refractivity contribution in [2.75, 3.05) is 0 Å². The number of carbonyl (C=O) groups is 1. The van der Waals surface area contributed by atoms with Gasteiger partial charge in [-0.3, -0.25) is 4.98 Å². The fraction of sp³-hybridized carbons (Fsp3) is 0.143. The molecule has 0 amide bonds. The summed E-state index contributed by atoms with van der Waals surface area (Å²) in [5.74, 6) is -0.177. The van der Waals surface area contributed by atoms with Gasteiger partial charge in [0.15, 0.2) is 0 Å². The first-order valence-electron chi connectivity index (χ1n) is 5.63. The molecule has 0 spiro atoms. The monoisotopic (exact) mass is 341 g/mol. The number of aryl methyl sites for hydroxylation is 1. The van der Waals surface area contributed by atoms with Crippen molar-refractivity contribution in [3.05, 3.63) is 53.6 Å². The van der Waals surface area contributed by atoms with Crippen molar-refractivity contribution in [3.63, 3.8) is 0 Å². The van der Waals surface area contributed by atoms with Crippen molar-refractivity contribution in [2.24, 2.45) is 0 Å². The summed E-state index contributed by atoms with van der Waals surface area (Å²) in [5.41, 5.74) is 3.48. The van der Waals surface area contributed by atoms with Crippen LogP contribution in [0.15, 0.2) is 36.5 Å². The van der Waals surface area contributed by atoms with Crippen LogP contribution < -0.4 is 0 Å². The lowest BCUT2D eigenvalue weighted by Crippen LogP contribution is -1.88. The van der Waals surface area contributed by atoms with Gasteiger partial charge in [0, 0.05) is 17.2 Å². The molecule has 0 saturated carbocycles. The predicted molar refractivity (Wildman–Crippen MR) is 77.7 cm³/mol. The quantitative estimate of drug-likeness (QED) is 0.798. The van der Waals surface area contributed by atoms with Crippen LogP contribution in [0.1, 0.15) is 11.3 Å². The summed E-state index contributed by atoms with van der Waals surface area (Å²) >= 11 is 3.25. The number of hydrogen-bond acceptors (Lipinski definition) is 2. The van der Waals surface area contributed by atoms with Crippen LogP contribution in [0, 0.1) is 12.7 Å². The van der Waals surface area contributed by atoms with Crippen molar-refractivity contribution in [3.8, 4) is 11.1 Å². The van der Waals surface area contributed by atoms with Crippen molar-refractivity contribution in [2.45, 2.75) is 12.3 Å². The van der Waals surface area contributed by atoms with Crippen LogP contribution in [-0.2, 0) is 5.33 Å².